The van der Waals surface area contributed by atoms with E-state index in [1.165, 1.54) is 13.2 Å². The summed E-state index contributed by atoms with van der Waals surface area (Å²) in [5.41, 5.74) is 3.26. The van der Waals surface area contributed by atoms with E-state index in [9.17, 15) is 9.18 Å². The second kappa shape index (κ2) is 6.17. The fourth-order valence-electron chi connectivity index (χ4n) is 3.51. The van der Waals surface area contributed by atoms with Gasteiger partial charge in [0.15, 0.2) is 0 Å². The molecule has 2 aromatic carbocycles. The highest BCUT2D eigenvalue weighted by atomic mass is 35.5. The molecule has 1 aliphatic heterocycles. The minimum Gasteiger partial charge on any atom is -0.468 e. The number of benzene rings is 2. The zero-order valence-electron chi connectivity index (χ0n) is 13.5. The first-order valence-electron chi connectivity index (χ1n) is 7.97. The Labute approximate surface area is 148 Å². The first-order chi connectivity index (χ1) is 12.1. The summed E-state index contributed by atoms with van der Waals surface area (Å²) in [6.07, 6.45) is 0.484. The Morgan fingerprint density at radius 3 is 2.84 bits per heavy atom. The summed E-state index contributed by atoms with van der Waals surface area (Å²) < 4.78 is 19.4. The Bertz CT molecular complexity index is 969. The predicted molar refractivity (Wildman–Crippen MR) is 94.2 cm³/mol. The van der Waals surface area contributed by atoms with E-state index in [0.29, 0.717) is 17.0 Å². The number of methoxy groups -OCH3 is 1. The number of ether oxygens (including phenoxy) is 1. The van der Waals surface area contributed by atoms with Gasteiger partial charge in [-0.3, -0.25) is 10.1 Å². The van der Waals surface area contributed by atoms with E-state index >= 15 is 0 Å². The largest absolute Gasteiger partial charge is 0.468 e. The van der Waals surface area contributed by atoms with Gasteiger partial charge in [-0.15, -0.1) is 0 Å². The molecule has 6 heteroatoms. The van der Waals surface area contributed by atoms with Gasteiger partial charge in [-0.2, -0.15) is 0 Å². The molecule has 3 aromatic rings. The zero-order valence-corrected chi connectivity index (χ0v) is 14.2. The van der Waals surface area contributed by atoms with Gasteiger partial charge in [0.1, 0.15) is 11.9 Å². The molecule has 0 spiro atoms. The van der Waals surface area contributed by atoms with E-state index in [2.05, 4.69) is 10.3 Å². The Morgan fingerprint density at radius 2 is 2.08 bits per heavy atom. The molecule has 2 N–H and O–H groups in total. The summed E-state index contributed by atoms with van der Waals surface area (Å²) in [6.45, 7) is 0. The van der Waals surface area contributed by atoms with Crippen LogP contribution in [-0.2, 0) is 16.0 Å². The first kappa shape index (κ1) is 16.1. The average Bonchev–Trinajstić information content (AvgIpc) is 2.99. The zero-order chi connectivity index (χ0) is 17.6. The van der Waals surface area contributed by atoms with Gasteiger partial charge in [0.25, 0.3) is 0 Å². The van der Waals surface area contributed by atoms with Crippen LogP contribution in [0.15, 0.2) is 42.5 Å². The smallest absolute Gasteiger partial charge is 0.323 e. The maximum atomic E-state index is 14.5. The number of carbonyl (C=O) groups is 1. The third-order valence-corrected chi connectivity index (χ3v) is 4.91. The van der Waals surface area contributed by atoms with E-state index in [1.54, 1.807) is 12.1 Å². The molecule has 0 unspecified atom stereocenters. The first-order valence-corrected chi connectivity index (χ1v) is 8.34. The molecule has 4 rings (SSSR count). The number of halogens is 2. The van der Waals surface area contributed by atoms with Crippen LogP contribution in [0, 0.1) is 5.82 Å². The maximum absolute atomic E-state index is 14.5. The third-order valence-electron chi connectivity index (χ3n) is 4.67. The summed E-state index contributed by atoms with van der Waals surface area (Å²) in [7, 11) is 1.35. The van der Waals surface area contributed by atoms with Crippen LogP contribution in [0.1, 0.15) is 22.9 Å². The number of rotatable bonds is 2. The lowest BCUT2D eigenvalue weighted by Crippen LogP contribution is -2.45. The summed E-state index contributed by atoms with van der Waals surface area (Å²) >= 11 is 5.88. The molecular formula is C19H16ClFN2O2. The lowest BCUT2D eigenvalue weighted by Gasteiger charge is -2.30. The lowest BCUT2D eigenvalue weighted by atomic mass is 9.90. The molecule has 25 heavy (non-hydrogen) atoms. The number of hydrogen-bond donors (Lipinski definition) is 2. The average molecular weight is 359 g/mol. The standard InChI is InChI=1S/C19H16ClFN2O2/c1-25-19(24)16-9-13-11-4-2-3-5-15(11)22-18(13)17(23-16)12-7-6-10(20)8-14(12)21/h2-8,16-17,22-23H,9H2,1H3/t16-,17-/m0/s1. The van der Waals surface area contributed by atoms with Gasteiger partial charge >= 0.3 is 5.97 Å². The molecule has 2 atom stereocenters. The van der Waals surface area contributed by atoms with Crippen LogP contribution >= 0.6 is 11.6 Å². The van der Waals surface area contributed by atoms with Gasteiger partial charge in [0.2, 0.25) is 0 Å². The summed E-state index contributed by atoms with van der Waals surface area (Å²) in [6, 6.07) is 11.4. The second-order valence-electron chi connectivity index (χ2n) is 6.11. The molecule has 4 nitrogen and oxygen atoms in total. The van der Waals surface area contributed by atoms with Crippen molar-refractivity contribution in [1.82, 2.24) is 10.3 Å². The molecule has 0 fully saturated rings. The Kier molecular flexibility index (Phi) is 3.98. The highest BCUT2D eigenvalue weighted by molar-refractivity contribution is 6.30. The van der Waals surface area contributed by atoms with Gasteiger partial charge in [-0.25, -0.2) is 4.39 Å². The van der Waals surface area contributed by atoms with Crippen molar-refractivity contribution < 1.29 is 13.9 Å². The number of aromatic nitrogens is 1. The monoisotopic (exact) mass is 358 g/mol. The molecule has 1 aliphatic rings. The number of carbonyl (C=O) groups excluding carboxylic acids is 1. The topological polar surface area (TPSA) is 54.1 Å². The fourth-order valence-corrected chi connectivity index (χ4v) is 3.67. The van der Waals surface area contributed by atoms with E-state index in [-0.39, 0.29) is 5.97 Å². The van der Waals surface area contributed by atoms with E-state index in [4.69, 9.17) is 16.3 Å². The summed E-state index contributed by atoms with van der Waals surface area (Å²) in [4.78, 5) is 15.5. The summed E-state index contributed by atoms with van der Waals surface area (Å²) in [5, 5.41) is 4.58. The number of para-hydroxylation sites is 1. The minimum atomic E-state index is -0.545. The Hall–Kier alpha value is -2.37. The van der Waals surface area contributed by atoms with Crippen molar-refractivity contribution in [2.24, 2.45) is 0 Å². The van der Waals surface area contributed by atoms with Crippen LogP contribution in [0.3, 0.4) is 0 Å². The number of hydrogen-bond acceptors (Lipinski definition) is 3. The van der Waals surface area contributed by atoms with Crippen molar-refractivity contribution >= 4 is 28.5 Å². The highest BCUT2D eigenvalue weighted by Gasteiger charge is 2.35. The quantitative estimate of drug-likeness (QED) is 0.686. The molecule has 0 saturated heterocycles. The number of H-pyrrole nitrogens is 1. The Morgan fingerprint density at radius 1 is 1.28 bits per heavy atom. The van der Waals surface area contributed by atoms with Crippen LogP contribution in [0.5, 0.6) is 0 Å². The normalized spacial score (nSPS) is 19.6. The van der Waals surface area contributed by atoms with Gasteiger partial charge in [-0.1, -0.05) is 35.9 Å². The molecule has 128 valence electrons. The molecule has 0 saturated carbocycles. The third kappa shape index (κ3) is 2.69. The molecule has 2 heterocycles. The molecule has 0 radical (unpaired) electrons. The molecule has 1 aromatic heterocycles. The summed E-state index contributed by atoms with van der Waals surface area (Å²) in [5.74, 6) is -0.782. The van der Waals surface area contributed by atoms with Crippen molar-refractivity contribution in [3.05, 3.63) is 70.1 Å². The van der Waals surface area contributed by atoms with E-state index in [0.717, 1.165) is 22.2 Å². The number of nitrogens with one attached hydrogen (secondary N) is 2. The number of esters is 1. The second-order valence-corrected chi connectivity index (χ2v) is 6.54. The molecule has 0 amide bonds. The Balaban J connectivity index is 1.90. The van der Waals surface area contributed by atoms with Crippen molar-refractivity contribution in [3.8, 4) is 0 Å². The highest BCUT2D eigenvalue weighted by Crippen LogP contribution is 2.36. The maximum Gasteiger partial charge on any atom is 0.323 e. The number of fused-ring (bicyclic) bond motifs is 3. The van der Waals surface area contributed by atoms with Gasteiger partial charge < -0.3 is 9.72 Å². The molecule has 0 aliphatic carbocycles. The van der Waals surface area contributed by atoms with Crippen molar-refractivity contribution in [2.45, 2.75) is 18.5 Å². The number of aromatic amines is 1. The fraction of sp³-hybridized carbons (Fsp3) is 0.211. The minimum absolute atomic E-state index is 0.332. The van der Waals surface area contributed by atoms with Gasteiger partial charge in [0.05, 0.1) is 13.2 Å². The van der Waals surface area contributed by atoms with Crippen LogP contribution in [-0.4, -0.2) is 24.1 Å². The predicted octanol–water partition coefficient (Wildman–Crippen LogP) is 3.74. The molecular weight excluding hydrogens is 343 g/mol. The van der Waals surface area contributed by atoms with Crippen molar-refractivity contribution in [3.63, 3.8) is 0 Å². The SMILES string of the molecule is COC(=O)[C@@H]1Cc2c([nH]c3ccccc23)[C@H](c2ccc(Cl)cc2F)N1. The van der Waals surface area contributed by atoms with Crippen molar-refractivity contribution in [1.29, 1.82) is 0 Å². The van der Waals surface area contributed by atoms with Crippen LogP contribution in [0.25, 0.3) is 10.9 Å². The van der Waals surface area contributed by atoms with E-state index < -0.39 is 17.9 Å². The van der Waals surface area contributed by atoms with Crippen LogP contribution in [0.2, 0.25) is 5.02 Å². The van der Waals surface area contributed by atoms with Gasteiger partial charge in [0, 0.05) is 33.6 Å². The van der Waals surface area contributed by atoms with Crippen LogP contribution in [0.4, 0.5) is 4.39 Å². The lowest BCUT2D eigenvalue weighted by molar-refractivity contribution is -0.143. The van der Waals surface area contributed by atoms with Crippen molar-refractivity contribution in [2.75, 3.05) is 7.11 Å². The van der Waals surface area contributed by atoms with Crippen LogP contribution < -0.4 is 5.32 Å². The van der Waals surface area contributed by atoms with E-state index in [1.807, 2.05) is 24.3 Å². The van der Waals surface area contributed by atoms with Gasteiger partial charge in [-0.05, 0) is 23.8 Å². The molecule has 0 bridgehead atoms.